The van der Waals surface area contributed by atoms with Crippen molar-refractivity contribution in [2.45, 2.75) is 45.1 Å². The summed E-state index contributed by atoms with van der Waals surface area (Å²) < 4.78 is 5.00. The minimum atomic E-state index is -0.122. The van der Waals surface area contributed by atoms with Crippen molar-refractivity contribution in [1.29, 1.82) is 0 Å². The number of nitrogens with one attached hydrogen (secondary N) is 1. The lowest BCUT2D eigenvalue weighted by molar-refractivity contribution is -0.122. The number of aliphatic hydroxyl groups is 1. The summed E-state index contributed by atoms with van der Waals surface area (Å²) in [6.07, 6.45) is 4.21. The lowest BCUT2D eigenvalue weighted by atomic mass is 9.87. The third-order valence-electron chi connectivity index (χ3n) is 3.39. The maximum atomic E-state index is 11.6. The molecule has 0 aromatic heterocycles. The van der Waals surface area contributed by atoms with E-state index >= 15 is 0 Å². The molecule has 1 unspecified atom stereocenters. The topological polar surface area (TPSA) is 58.6 Å². The molecule has 1 atom stereocenters. The van der Waals surface area contributed by atoms with Crippen LogP contribution in [0.15, 0.2) is 0 Å². The van der Waals surface area contributed by atoms with Crippen LogP contribution in [0.5, 0.6) is 0 Å². The molecule has 4 heteroatoms. The summed E-state index contributed by atoms with van der Waals surface area (Å²) in [6, 6.07) is 0. The van der Waals surface area contributed by atoms with E-state index in [1.54, 1.807) is 7.11 Å². The highest BCUT2D eigenvalue weighted by atomic mass is 16.5. The van der Waals surface area contributed by atoms with Crippen LogP contribution in [-0.2, 0) is 9.53 Å². The van der Waals surface area contributed by atoms with Crippen LogP contribution in [0.25, 0.3) is 0 Å². The predicted octanol–water partition coefficient (Wildman–Crippen LogP) is 1.33. The zero-order valence-corrected chi connectivity index (χ0v) is 10.9. The van der Waals surface area contributed by atoms with Crippen molar-refractivity contribution in [1.82, 2.24) is 5.32 Å². The van der Waals surface area contributed by atoms with Crippen molar-refractivity contribution in [3.63, 3.8) is 0 Å². The van der Waals surface area contributed by atoms with Crippen LogP contribution in [0.2, 0.25) is 0 Å². The van der Waals surface area contributed by atoms with Gasteiger partial charge in [-0.2, -0.15) is 0 Å². The van der Waals surface area contributed by atoms with Gasteiger partial charge in [-0.15, -0.1) is 0 Å². The first kappa shape index (κ1) is 14.5. The Morgan fingerprint density at radius 1 is 1.41 bits per heavy atom. The minimum absolute atomic E-state index is 0.112. The molecule has 0 spiro atoms. The van der Waals surface area contributed by atoms with Gasteiger partial charge in [0.15, 0.2) is 0 Å². The highest BCUT2D eigenvalue weighted by molar-refractivity contribution is 5.76. The monoisotopic (exact) mass is 243 g/mol. The van der Waals surface area contributed by atoms with E-state index in [-0.39, 0.29) is 17.9 Å². The summed E-state index contributed by atoms with van der Waals surface area (Å²) in [6.45, 7) is 3.40. The second-order valence-electron chi connectivity index (χ2n) is 5.24. The maximum absolute atomic E-state index is 11.6. The molecule has 1 amide bonds. The van der Waals surface area contributed by atoms with Gasteiger partial charge in [0, 0.05) is 26.7 Å². The Labute approximate surface area is 104 Å². The van der Waals surface area contributed by atoms with Crippen LogP contribution in [0.3, 0.4) is 0 Å². The largest absolute Gasteiger partial charge is 0.393 e. The Morgan fingerprint density at radius 3 is 2.65 bits per heavy atom. The number of carbonyl (C=O) groups is 1. The zero-order valence-electron chi connectivity index (χ0n) is 10.9. The van der Waals surface area contributed by atoms with Gasteiger partial charge in [0.25, 0.3) is 0 Å². The Morgan fingerprint density at radius 2 is 2.06 bits per heavy atom. The predicted molar refractivity (Wildman–Crippen MR) is 66.6 cm³/mol. The number of hydrogen-bond acceptors (Lipinski definition) is 3. The standard InChI is InChI=1S/C13H25NO3/c1-10(9-17-2)7-13(16)14-8-11-3-5-12(15)6-4-11/h10-12,15H,3-9H2,1-2H3,(H,14,16). The van der Waals surface area contributed by atoms with Crippen LogP contribution in [0.4, 0.5) is 0 Å². The summed E-state index contributed by atoms with van der Waals surface area (Å²) in [4.78, 5) is 11.6. The molecule has 0 aromatic carbocycles. The molecule has 0 radical (unpaired) electrons. The highest BCUT2D eigenvalue weighted by Gasteiger charge is 2.19. The van der Waals surface area contributed by atoms with Gasteiger partial charge >= 0.3 is 0 Å². The Hall–Kier alpha value is -0.610. The van der Waals surface area contributed by atoms with Crippen LogP contribution in [0, 0.1) is 11.8 Å². The molecule has 17 heavy (non-hydrogen) atoms. The molecule has 2 N–H and O–H groups in total. The van der Waals surface area contributed by atoms with Crippen molar-refractivity contribution in [3.8, 4) is 0 Å². The third kappa shape index (κ3) is 6.03. The molecule has 0 aliphatic heterocycles. The quantitative estimate of drug-likeness (QED) is 0.740. The van der Waals surface area contributed by atoms with E-state index in [2.05, 4.69) is 5.32 Å². The summed E-state index contributed by atoms with van der Waals surface area (Å²) in [5.41, 5.74) is 0. The molecule has 1 rings (SSSR count). The van der Waals surface area contributed by atoms with Crippen molar-refractivity contribution < 1.29 is 14.6 Å². The van der Waals surface area contributed by atoms with E-state index in [9.17, 15) is 9.90 Å². The molecule has 0 heterocycles. The van der Waals surface area contributed by atoms with Crippen molar-refractivity contribution in [2.24, 2.45) is 11.8 Å². The van der Waals surface area contributed by atoms with E-state index in [1.165, 1.54) is 0 Å². The number of rotatable bonds is 6. The summed E-state index contributed by atoms with van der Waals surface area (Å²) in [5, 5.41) is 12.4. The van der Waals surface area contributed by atoms with Crippen LogP contribution < -0.4 is 5.32 Å². The number of hydrogen-bond donors (Lipinski definition) is 2. The zero-order chi connectivity index (χ0) is 12.7. The molecule has 100 valence electrons. The molecule has 4 nitrogen and oxygen atoms in total. The fraction of sp³-hybridized carbons (Fsp3) is 0.923. The Kier molecular flexibility index (Phi) is 6.52. The van der Waals surface area contributed by atoms with Gasteiger partial charge in [-0.3, -0.25) is 4.79 Å². The van der Waals surface area contributed by atoms with E-state index in [4.69, 9.17) is 4.74 Å². The Balaban J connectivity index is 2.11. The van der Waals surface area contributed by atoms with Crippen LogP contribution >= 0.6 is 0 Å². The van der Waals surface area contributed by atoms with Gasteiger partial charge < -0.3 is 15.2 Å². The van der Waals surface area contributed by atoms with Crippen molar-refractivity contribution in [2.75, 3.05) is 20.3 Å². The van der Waals surface area contributed by atoms with Crippen LogP contribution in [-0.4, -0.2) is 37.4 Å². The molecule has 0 saturated heterocycles. The summed E-state index contributed by atoms with van der Waals surface area (Å²) in [5.74, 6) is 0.925. The first-order chi connectivity index (χ1) is 8.11. The molecule has 1 saturated carbocycles. The van der Waals surface area contributed by atoms with Gasteiger partial charge in [-0.05, 0) is 37.5 Å². The average molecular weight is 243 g/mol. The van der Waals surface area contributed by atoms with Crippen LogP contribution in [0.1, 0.15) is 39.0 Å². The van der Waals surface area contributed by atoms with Crippen molar-refractivity contribution in [3.05, 3.63) is 0 Å². The van der Waals surface area contributed by atoms with E-state index < -0.39 is 0 Å². The minimum Gasteiger partial charge on any atom is -0.393 e. The number of methoxy groups -OCH3 is 1. The number of carbonyl (C=O) groups excluding carboxylic acids is 1. The SMILES string of the molecule is COCC(C)CC(=O)NCC1CCC(O)CC1. The van der Waals surface area contributed by atoms with E-state index in [0.717, 1.165) is 32.2 Å². The molecule has 0 aromatic rings. The molecule has 0 bridgehead atoms. The van der Waals surface area contributed by atoms with E-state index in [0.29, 0.717) is 18.9 Å². The number of amides is 1. The lowest BCUT2D eigenvalue weighted by Crippen LogP contribution is -2.33. The number of aliphatic hydroxyl groups excluding tert-OH is 1. The van der Waals surface area contributed by atoms with Crippen molar-refractivity contribution >= 4 is 5.91 Å². The van der Waals surface area contributed by atoms with Gasteiger partial charge in [0.05, 0.1) is 6.10 Å². The summed E-state index contributed by atoms with van der Waals surface area (Å²) in [7, 11) is 1.65. The van der Waals surface area contributed by atoms with Gasteiger partial charge in [0.2, 0.25) is 5.91 Å². The van der Waals surface area contributed by atoms with Gasteiger partial charge in [-0.25, -0.2) is 0 Å². The fourth-order valence-corrected chi connectivity index (χ4v) is 2.34. The molecular weight excluding hydrogens is 218 g/mol. The Bertz CT molecular complexity index is 225. The normalized spacial score (nSPS) is 26.5. The van der Waals surface area contributed by atoms with E-state index in [1.807, 2.05) is 6.92 Å². The molecular formula is C13H25NO3. The second-order valence-corrected chi connectivity index (χ2v) is 5.24. The first-order valence-corrected chi connectivity index (χ1v) is 6.55. The maximum Gasteiger partial charge on any atom is 0.220 e. The summed E-state index contributed by atoms with van der Waals surface area (Å²) >= 11 is 0. The smallest absolute Gasteiger partial charge is 0.220 e. The number of ether oxygens (including phenoxy) is 1. The average Bonchev–Trinajstić information content (AvgIpc) is 2.28. The first-order valence-electron chi connectivity index (χ1n) is 6.55. The third-order valence-corrected chi connectivity index (χ3v) is 3.39. The van der Waals surface area contributed by atoms with Gasteiger partial charge in [-0.1, -0.05) is 6.92 Å². The molecule has 1 aliphatic rings. The molecule has 1 fully saturated rings. The fourth-order valence-electron chi connectivity index (χ4n) is 2.34. The highest BCUT2D eigenvalue weighted by Crippen LogP contribution is 2.23. The second kappa shape index (κ2) is 7.67. The lowest BCUT2D eigenvalue weighted by Gasteiger charge is -2.25. The molecule has 1 aliphatic carbocycles. The van der Waals surface area contributed by atoms with Gasteiger partial charge in [0.1, 0.15) is 0 Å².